The highest BCUT2D eigenvalue weighted by Gasteiger charge is 2.25. The van der Waals surface area contributed by atoms with Crippen molar-refractivity contribution in [2.45, 2.75) is 20.4 Å². The Morgan fingerprint density at radius 3 is 2.71 bits per heavy atom. The summed E-state index contributed by atoms with van der Waals surface area (Å²) in [5.41, 5.74) is 0. The number of hydrogen-bond donors (Lipinski definition) is 0. The molecule has 1 aromatic heterocycles. The van der Waals surface area contributed by atoms with Gasteiger partial charge in [0.1, 0.15) is 19.0 Å². The molecule has 0 saturated heterocycles. The third-order valence-corrected chi connectivity index (χ3v) is 4.14. The van der Waals surface area contributed by atoms with Crippen LogP contribution < -0.4 is 0 Å². The van der Waals surface area contributed by atoms with Crippen LogP contribution in [0.2, 0.25) is 0 Å². The Balaban J connectivity index is 2.12. The molecular formula is C15H21NO4S. The van der Waals surface area contributed by atoms with Crippen LogP contribution in [-0.4, -0.2) is 44.3 Å². The van der Waals surface area contributed by atoms with Gasteiger partial charge in [-0.15, -0.1) is 11.3 Å². The molecule has 0 unspecified atom stereocenters. The van der Waals surface area contributed by atoms with Crippen molar-refractivity contribution in [1.82, 2.24) is 4.90 Å². The van der Waals surface area contributed by atoms with Crippen LogP contribution in [0.15, 0.2) is 23.7 Å². The number of carbonyl (C=O) groups excluding carboxylic acids is 1. The fourth-order valence-electron chi connectivity index (χ4n) is 2.07. The molecule has 0 bridgehead atoms. The van der Waals surface area contributed by atoms with Crippen molar-refractivity contribution in [3.63, 3.8) is 0 Å². The topological polar surface area (TPSA) is 48.0 Å². The van der Waals surface area contributed by atoms with Crippen LogP contribution in [0.1, 0.15) is 16.7 Å². The molecule has 2 rings (SSSR count). The first-order chi connectivity index (χ1) is 10.1. The lowest BCUT2D eigenvalue weighted by Gasteiger charge is -2.26. The van der Waals surface area contributed by atoms with Crippen molar-refractivity contribution in [2.24, 2.45) is 0 Å². The summed E-state index contributed by atoms with van der Waals surface area (Å²) in [6.45, 7) is 6.28. The van der Waals surface area contributed by atoms with E-state index in [0.717, 1.165) is 4.88 Å². The second kappa shape index (κ2) is 7.47. The third kappa shape index (κ3) is 4.22. The predicted octanol–water partition coefficient (Wildman–Crippen LogP) is 2.31. The summed E-state index contributed by atoms with van der Waals surface area (Å²) in [6.07, 6.45) is 0. The monoisotopic (exact) mass is 311 g/mol. The Morgan fingerprint density at radius 1 is 1.33 bits per heavy atom. The highest BCUT2D eigenvalue weighted by atomic mass is 32.1. The summed E-state index contributed by atoms with van der Waals surface area (Å²) >= 11 is 1.69. The molecule has 0 aliphatic carbocycles. The fourth-order valence-corrected chi connectivity index (χ4v) is 2.98. The van der Waals surface area contributed by atoms with Crippen LogP contribution >= 0.6 is 11.3 Å². The van der Waals surface area contributed by atoms with Gasteiger partial charge in [-0.2, -0.15) is 0 Å². The van der Waals surface area contributed by atoms with Gasteiger partial charge in [0.2, 0.25) is 5.76 Å². The lowest BCUT2D eigenvalue weighted by atomic mass is 10.3. The largest absolute Gasteiger partial charge is 0.491 e. The number of allylic oxidation sites excluding steroid dienone is 1. The number of hydrogen-bond acceptors (Lipinski definition) is 5. The van der Waals surface area contributed by atoms with E-state index < -0.39 is 0 Å². The molecule has 0 atom stereocenters. The molecule has 21 heavy (non-hydrogen) atoms. The van der Waals surface area contributed by atoms with Gasteiger partial charge in [-0.25, -0.2) is 0 Å². The first-order valence-corrected chi connectivity index (χ1v) is 7.73. The molecule has 0 saturated carbocycles. The summed E-state index contributed by atoms with van der Waals surface area (Å²) in [5, 5.41) is 0. The Kier molecular flexibility index (Phi) is 5.64. The zero-order valence-corrected chi connectivity index (χ0v) is 13.5. The minimum absolute atomic E-state index is 0.143. The molecule has 0 radical (unpaired) electrons. The second-order valence-electron chi connectivity index (χ2n) is 4.81. The van der Waals surface area contributed by atoms with E-state index in [2.05, 4.69) is 13.0 Å². The number of nitrogens with zero attached hydrogens (tertiary/aromatic N) is 1. The van der Waals surface area contributed by atoms with E-state index in [4.69, 9.17) is 14.2 Å². The van der Waals surface area contributed by atoms with E-state index in [1.165, 1.54) is 4.88 Å². The molecular weight excluding hydrogens is 290 g/mol. The molecule has 0 spiro atoms. The van der Waals surface area contributed by atoms with Gasteiger partial charge < -0.3 is 19.1 Å². The zero-order valence-electron chi connectivity index (χ0n) is 12.7. The van der Waals surface area contributed by atoms with E-state index in [1.807, 2.05) is 6.07 Å². The number of ether oxygens (including phenoxy) is 3. The summed E-state index contributed by atoms with van der Waals surface area (Å²) in [5.74, 6) is 0.719. The summed E-state index contributed by atoms with van der Waals surface area (Å²) < 4.78 is 16.0. The van der Waals surface area contributed by atoms with Crippen LogP contribution in [0.5, 0.6) is 0 Å². The maximum Gasteiger partial charge on any atom is 0.292 e. The van der Waals surface area contributed by atoms with Gasteiger partial charge >= 0.3 is 0 Å². The fraction of sp³-hybridized carbons (Fsp3) is 0.533. The van der Waals surface area contributed by atoms with Gasteiger partial charge in [0, 0.05) is 23.4 Å². The molecule has 116 valence electrons. The second-order valence-corrected chi connectivity index (χ2v) is 6.19. The average molecular weight is 311 g/mol. The van der Waals surface area contributed by atoms with Gasteiger partial charge in [-0.05, 0) is 26.0 Å². The number of rotatable bonds is 6. The Hall–Kier alpha value is -1.53. The summed E-state index contributed by atoms with van der Waals surface area (Å²) in [6, 6.07) is 4.11. The lowest BCUT2D eigenvalue weighted by Crippen LogP contribution is -2.36. The molecule has 1 aliphatic rings. The van der Waals surface area contributed by atoms with Crippen molar-refractivity contribution in [1.29, 1.82) is 0 Å². The molecule has 2 heterocycles. The zero-order chi connectivity index (χ0) is 15.2. The van der Waals surface area contributed by atoms with Gasteiger partial charge in [-0.1, -0.05) is 0 Å². The number of methoxy groups -OCH3 is 1. The van der Waals surface area contributed by atoms with E-state index in [9.17, 15) is 4.79 Å². The van der Waals surface area contributed by atoms with Crippen LogP contribution in [0.4, 0.5) is 0 Å². The van der Waals surface area contributed by atoms with Crippen LogP contribution in [0, 0.1) is 6.92 Å². The number of amides is 1. The van der Waals surface area contributed by atoms with Crippen LogP contribution in [0.25, 0.3) is 0 Å². The predicted molar refractivity (Wildman–Crippen MR) is 81.0 cm³/mol. The molecule has 1 aliphatic heterocycles. The van der Waals surface area contributed by atoms with Crippen molar-refractivity contribution in [3.05, 3.63) is 33.4 Å². The van der Waals surface area contributed by atoms with Crippen molar-refractivity contribution in [3.8, 4) is 0 Å². The van der Waals surface area contributed by atoms with Gasteiger partial charge in [-0.3, -0.25) is 4.79 Å². The minimum Gasteiger partial charge on any atom is -0.491 e. The van der Waals surface area contributed by atoms with Gasteiger partial charge in [0.05, 0.1) is 13.2 Å². The molecule has 1 amide bonds. The molecule has 0 aromatic carbocycles. The van der Waals surface area contributed by atoms with E-state index in [0.29, 0.717) is 44.4 Å². The van der Waals surface area contributed by atoms with E-state index >= 15 is 0 Å². The van der Waals surface area contributed by atoms with Crippen LogP contribution in [0.3, 0.4) is 0 Å². The summed E-state index contributed by atoms with van der Waals surface area (Å²) in [7, 11) is 1.63. The summed E-state index contributed by atoms with van der Waals surface area (Å²) in [4.78, 5) is 16.8. The smallest absolute Gasteiger partial charge is 0.292 e. The Morgan fingerprint density at radius 2 is 2.10 bits per heavy atom. The first-order valence-electron chi connectivity index (χ1n) is 6.92. The standard InChI is InChI=1S/C15H21NO4S/c1-11-4-5-13(21-11)10-16(6-7-18-3)15(17)14-12(2)19-8-9-20-14/h4-5H,6-10H2,1-3H3. The van der Waals surface area contributed by atoms with E-state index in [-0.39, 0.29) is 5.91 Å². The molecule has 0 N–H and O–H groups in total. The normalized spacial score (nSPS) is 14.6. The van der Waals surface area contributed by atoms with Crippen molar-refractivity contribution >= 4 is 17.2 Å². The lowest BCUT2D eigenvalue weighted by molar-refractivity contribution is -0.134. The Bertz CT molecular complexity index is 523. The minimum atomic E-state index is -0.143. The molecule has 6 heteroatoms. The number of thiophene rings is 1. The number of carbonyl (C=O) groups is 1. The average Bonchev–Trinajstić information content (AvgIpc) is 2.88. The maximum absolute atomic E-state index is 12.6. The number of aryl methyl sites for hydroxylation is 1. The highest BCUT2D eigenvalue weighted by Crippen LogP contribution is 2.20. The Labute approximate surface area is 129 Å². The first kappa shape index (κ1) is 15.9. The molecule has 1 aromatic rings. The quantitative estimate of drug-likeness (QED) is 0.809. The van der Waals surface area contributed by atoms with E-state index in [1.54, 1.807) is 30.3 Å². The van der Waals surface area contributed by atoms with Crippen molar-refractivity contribution < 1.29 is 19.0 Å². The highest BCUT2D eigenvalue weighted by molar-refractivity contribution is 7.11. The molecule has 5 nitrogen and oxygen atoms in total. The van der Waals surface area contributed by atoms with Crippen molar-refractivity contribution in [2.75, 3.05) is 33.5 Å². The van der Waals surface area contributed by atoms with Crippen LogP contribution in [-0.2, 0) is 25.5 Å². The maximum atomic E-state index is 12.6. The SMILES string of the molecule is COCCN(Cc1ccc(C)s1)C(=O)C1=C(C)OCCO1. The van der Waals surface area contributed by atoms with Gasteiger partial charge in [0.15, 0.2) is 0 Å². The third-order valence-electron chi connectivity index (χ3n) is 3.16. The van der Waals surface area contributed by atoms with Gasteiger partial charge in [0.25, 0.3) is 5.91 Å². The molecule has 0 fully saturated rings.